The van der Waals surface area contributed by atoms with E-state index in [0.717, 1.165) is 11.6 Å². The van der Waals surface area contributed by atoms with Gasteiger partial charge in [0, 0.05) is 0 Å². The van der Waals surface area contributed by atoms with Crippen LogP contribution in [0.2, 0.25) is 11.6 Å². The summed E-state index contributed by atoms with van der Waals surface area (Å²) in [7, 11) is 2.84. The molecule has 2 rings (SSSR count). The van der Waals surface area contributed by atoms with Crippen molar-refractivity contribution in [3.8, 4) is 0 Å². The molecular formula is C20H38B. The van der Waals surface area contributed by atoms with E-state index in [0.29, 0.717) is 0 Å². The van der Waals surface area contributed by atoms with Gasteiger partial charge in [-0.25, -0.2) is 0 Å². The molecule has 2 aliphatic rings. The molecule has 0 nitrogen and oxygen atoms in total. The number of hydrogen-bond acceptors (Lipinski definition) is 0. The molecule has 0 saturated heterocycles. The third kappa shape index (κ3) is 8.31. The lowest BCUT2D eigenvalue weighted by molar-refractivity contribution is 0.557. The van der Waals surface area contributed by atoms with Crippen molar-refractivity contribution in [2.75, 3.05) is 0 Å². The Morgan fingerprint density at radius 2 is 0.571 bits per heavy atom. The van der Waals surface area contributed by atoms with E-state index in [4.69, 9.17) is 0 Å². The minimum absolute atomic E-state index is 0.953. The molecule has 1 radical (unpaired) electrons. The molecule has 2 aliphatic carbocycles. The van der Waals surface area contributed by atoms with Crippen LogP contribution in [0.1, 0.15) is 116 Å². The summed E-state index contributed by atoms with van der Waals surface area (Å²) in [6, 6.07) is 0. The fourth-order valence-corrected chi connectivity index (χ4v) is 4.45. The molecule has 0 heterocycles. The van der Waals surface area contributed by atoms with Crippen LogP contribution in [0.15, 0.2) is 0 Å². The molecule has 0 spiro atoms. The van der Waals surface area contributed by atoms with Crippen molar-refractivity contribution in [1.29, 1.82) is 0 Å². The summed E-state index contributed by atoms with van der Waals surface area (Å²) in [6.45, 7) is 0. The smallest absolute Gasteiger partial charge is 0.0686 e. The van der Waals surface area contributed by atoms with E-state index in [2.05, 4.69) is 7.28 Å². The molecule has 1 heteroatoms. The van der Waals surface area contributed by atoms with Gasteiger partial charge in [0.25, 0.3) is 0 Å². The van der Waals surface area contributed by atoms with Crippen LogP contribution in [0.3, 0.4) is 0 Å². The van der Waals surface area contributed by atoms with E-state index in [-0.39, 0.29) is 0 Å². The van der Waals surface area contributed by atoms with Crippen LogP contribution in [0, 0.1) is 0 Å². The first-order valence-corrected chi connectivity index (χ1v) is 10.3. The van der Waals surface area contributed by atoms with Crippen molar-refractivity contribution in [2.24, 2.45) is 0 Å². The summed E-state index contributed by atoms with van der Waals surface area (Å²) in [5, 5.41) is 0. The van der Waals surface area contributed by atoms with Gasteiger partial charge in [0.05, 0.1) is 0 Å². The van der Waals surface area contributed by atoms with Crippen LogP contribution >= 0.6 is 0 Å². The molecule has 21 heavy (non-hydrogen) atoms. The first-order chi connectivity index (χ1) is 10.4. The van der Waals surface area contributed by atoms with Gasteiger partial charge in [-0.3, -0.25) is 0 Å². The highest BCUT2D eigenvalue weighted by Gasteiger charge is 2.18. The molecule has 2 saturated carbocycles. The Bertz CT molecular complexity index is 216. The van der Waals surface area contributed by atoms with Crippen molar-refractivity contribution < 1.29 is 0 Å². The maximum atomic E-state index is 2.84. The SMILES string of the molecule is [B](C1CCCCCCCCCC1)C1CCCCCCCC1. The number of rotatable bonds is 2. The highest BCUT2D eigenvalue weighted by molar-refractivity contribution is 6.39. The molecular weight excluding hydrogens is 251 g/mol. The second-order valence-corrected chi connectivity index (χ2v) is 7.82. The maximum Gasteiger partial charge on any atom is 0.117 e. The van der Waals surface area contributed by atoms with Crippen LogP contribution in [-0.2, 0) is 0 Å². The van der Waals surface area contributed by atoms with E-state index in [1.165, 1.54) is 116 Å². The van der Waals surface area contributed by atoms with Gasteiger partial charge in [0.1, 0.15) is 7.28 Å². The highest BCUT2D eigenvalue weighted by atomic mass is 14.1. The molecule has 0 unspecified atom stereocenters. The van der Waals surface area contributed by atoms with Gasteiger partial charge in [0.15, 0.2) is 0 Å². The normalized spacial score (nSPS) is 26.1. The fraction of sp³-hybridized carbons (Fsp3) is 1.00. The van der Waals surface area contributed by atoms with E-state index < -0.39 is 0 Å². The van der Waals surface area contributed by atoms with Crippen molar-refractivity contribution in [2.45, 2.75) is 127 Å². The molecule has 0 bridgehead atoms. The van der Waals surface area contributed by atoms with Crippen LogP contribution in [-0.4, -0.2) is 7.28 Å². The van der Waals surface area contributed by atoms with Gasteiger partial charge in [0.2, 0.25) is 0 Å². The first-order valence-electron chi connectivity index (χ1n) is 10.3. The Hall–Kier alpha value is 0.0649. The average Bonchev–Trinajstić information content (AvgIpc) is 2.57. The molecule has 0 amide bonds. The standard InChI is InChI=1S/C20H38B/c1-2-4-8-12-16-19(15-11-7-3-1)21-20-17-13-9-5-6-10-14-18-20/h19-20H,1-18H2. The Kier molecular flexibility index (Phi) is 9.63. The largest absolute Gasteiger partial charge is 0.117 e. The first kappa shape index (κ1) is 17.4. The zero-order chi connectivity index (χ0) is 14.6. The third-order valence-corrected chi connectivity index (χ3v) is 5.84. The zero-order valence-corrected chi connectivity index (χ0v) is 14.5. The lowest BCUT2D eigenvalue weighted by Crippen LogP contribution is -2.12. The summed E-state index contributed by atoms with van der Waals surface area (Å²) in [6.07, 6.45) is 26.9. The monoisotopic (exact) mass is 289 g/mol. The second-order valence-electron chi connectivity index (χ2n) is 7.82. The van der Waals surface area contributed by atoms with Crippen molar-refractivity contribution in [3.05, 3.63) is 0 Å². The van der Waals surface area contributed by atoms with Crippen LogP contribution in [0.5, 0.6) is 0 Å². The molecule has 0 aliphatic heterocycles. The maximum absolute atomic E-state index is 2.84. The summed E-state index contributed by atoms with van der Waals surface area (Å²) in [5.74, 6) is 1.91. The van der Waals surface area contributed by atoms with Gasteiger partial charge >= 0.3 is 0 Å². The topological polar surface area (TPSA) is 0 Å². The Labute approximate surface area is 135 Å². The minimum atomic E-state index is 0.953. The predicted molar refractivity (Wildman–Crippen MR) is 96.4 cm³/mol. The molecule has 0 aromatic rings. The van der Waals surface area contributed by atoms with Gasteiger partial charge in [-0.1, -0.05) is 127 Å². The average molecular weight is 289 g/mol. The molecule has 0 N–H and O–H groups in total. The molecule has 0 aromatic heterocycles. The molecule has 0 atom stereocenters. The van der Waals surface area contributed by atoms with E-state index in [9.17, 15) is 0 Å². The summed E-state index contributed by atoms with van der Waals surface area (Å²) in [5.41, 5.74) is 0. The van der Waals surface area contributed by atoms with Gasteiger partial charge < -0.3 is 0 Å². The van der Waals surface area contributed by atoms with E-state index in [1.807, 2.05) is 0 Å². The third-order valence-electron chi connectivity index (χ3n) is 5.84. The summed E-state index contributed by atoms with van der Waals surface area (Å²) >= 11 is 0. The van der Waals surface area contributed by atoms with Crippen LogP contribution < -0.4 is 0 Å². The predicted octanol–water partition coefficient (Wildman–Crippen LogP) is 7.32. The molecule has 2 fully saturated rings. The molecule has 0 aromatic carbocycles. The highest BCUT2D eigenvalue weighted by Crippen LogP contribution is 2.33. The second kappa shape index (κ2) is 11.6. The molecule has 121 valence electrons. The van der Waals surface area contributed by atoms with Gasteiger partial charge in [-0.15, -0.1) is 0 Å². The lowest BCUT2D eigenvalue weighted by atomic mass is 9.50. The quantitative estimate of drug-likeness (QED) is 0.467. The van der Waals surface area contributed by atoms with Crippen molar-refractivity contribution >= 4 is 7.28 Å². The lowest BCUT2D eigenvalue weighted by Gasteiger charge is -2.22. The van der Waals surface area contributed by atoms with Crippen LogP contribution in [0.25, 0.3) is 0 Å². The Balaban J connectivity index is 1.75. The number of hydrogen-bond donors (Lipinski definition) is 0. The van der Waals surface area contributed by atoms with Gasteiger partial charge in [-0.05, 0) is 0 Å². The minimum Gasteiger partial charge on any atom is -0.0686 e. The Morgan fingerprint density at radius 1 is 0.333 bits per heavy atom. The summed E-state index contributed by atoms with van der Waals surface area (Å²) < 4.78 is 0. The van der Waals surface area contributed by atoms with Gasteiger partial charge in [-0.2, -0.15) is 0 Å². The summed E-state index contributed by atoms with van der Waals surface area (Å²) in [4.78, 5) is 0. The fourth-order valence-electron chi connectivity index (χ4n) is 4.45. The van der Waals surface area contributed by atoms with Crippen molar-refractivity contribution in [1.82, 2.24) is 0 Å². The van der Waals surface area contributed by atoms with Crippen molar-refractivity contribution in [3.63, 3.8) is 0 Å². The van der Waals surface area contributed by atoms with E-state index >= 15 is 0 Å². The zero-order valence-electron chi connectivity index (χ0n) is 14.5. The van der Waals surface area contributed by atoms with Crippen LogP contribution in [0.4, 0.5) is 0 Å². The Morgan fingerprint density at radius 3 is 0.857 bits per heavy atom. The van der Waals surface area contributed by atoms with E-state index in [1.54, 1.807) is 0 Å².